The van der Waals surface area contributed by atoms with Crippen LogP contribution in [0.25, 0.3) is 0 Å². The maximum absolute atomic E-state index is 12.3. The molecule has 1 nitrogen and oxygen atoms in total. The maximum Gasteiger partial charge on any atom is 0.193 e. The van der Waals surface area contributed by atoms with E-state index in [2.05, 4.69) is 6.58 Å². The minimum atomic E-state index is 0.0723. The Morgan fingerprint density at radius 3 is 2.35 bits per heavy atom. The molecule has 0 amide bonds. The summed E-state index contributed by atoms with van der Waals surface area (Å²) in [6.45, 7) is 3.72. The first-order valence-corrected chi connectivity index (χ1v) is 5.61. The molecule has 1 heteroatoms. The summed E-state index contributed by atoms with van der Waals surface area (Å²) < 4.78 is 0. The minimum absolute atomic E-state index is 0.0723. The average Bonchev–Trinajstić information content (AvgIpc) is 2.40. The van der Waals surface area contributed by atoms with Gasteiger partial charge in [0.2, 0.25) is 0 Å². The summed E-state index contributed by atoms with van der Waals surface area (Å²) in [6.07, 6.45) is 2.53. The first kappa shape index (κ1) is 11.3. The summed E-state index contributed by atoms with van der Waals surface area (Å²) in [7, 11) is 0. The second-order valence-corrected chi connectivity index (χ2v) is 3.85. The Labute approximate surface area is 101 Å². The van der Waals surface area contributed by atoms with E-state index in [-0.39, 0.29) is 5.78 Å². The normalized spacial score (nSPS) is 9.88. The van der Waals surface area contributed by atoms with E-state index in [1.807, 2.05) is 60.7 Å². The second-order valence-electron chi connectivity index (χ2n) is 3.85. The van der Waals surface area contributed by atoms with E-state index in [9.17, 15) is 4.79 Å². The van der Waals surface area contributed by atoms with E-state index in [0.717, 1.165) is 23.1 Å². The van der Waals surface area contributed by atoms with Crippen LogP contribution in [0.1, 0.15) is 21.5 Å². The van der Waals surface area contributed by atoms with Crippen molar-refractivity contribution < 1.29 is 4.79 Å². The molecular formula is C16H14O. The van der Waals surface area contributed by atoms with Crippen LogP contribution in [0.4, 0.5) is 0 Å². The fourth-order valence-electron chi connectivity index (χ4n) is 1.82. The number of benzene rings is 2. The van der Waals surface area contributed by atoms with Gasteiger partial charge in [-0.2, -0.15) is 0 Å². The van der Waals surface area contributed by atoms with Crippen LogP contribution in [0.3, 0.4) is 0 Å². The first-order chi connectivity index (χ1) is 8.33. The van der Waals surface area contributed by atoms with Crippen molar-refractivity contribution in [1.29, 1.82) is 0 Å². The van der Waals surface area contributed by atoms with Gasteiger partial charge in [0, 0.05) is 11.1 Å². The molecule has 0 aliphatic carbocycles. The number of hydrogen-bond acceptors (Lipinski definition) is 1. The van der Waals surface area contributed by atoms with Gasteiger partial charge in [-0.25, -0.2) is 0 Å². The van der Waals surface area contributed by atoms with Gasteiger partial charge in [0.15, 0.2) is 5.78 Å². The molecule has 17 heavy (non-hydrogen) atoms. The molecule has 2 rings (SSSR count). The number of hydrogen-bond donors (Lipinski definition) is 0. The van der Waals surface area contributed by atoms with E-state index in [4.69, 9.17) is 0 Å². The van der Waals surface area contributed by atoms with E-state index in [1.165, 1.54) is 0 Å². The second kappa shape index (κ2) is 5.26. The molecule has 0 unspecified atom stereocenters. The zero-order valence-electron chi connectivity index (χ0n) is 9.60. The highest BCUT2D eigenvalue weighted by molar-refractivity contribution is 6.09. The van der Waals surface area contributed by atoms with Crippen molar-refractivity contribution in [2.45, 2.75) is 6.42 Å². The maximum atomic E-state index is 12.3. The standard InChI is InChI=1S/C16H14O/c1-2-8-13-9-6-7-12-15(13)16(17)14-10-4-3-5-11-14/h2-7,9-12H,1,8H2. The predicted octanol–water partition coefficient (Wildman–Crippen LogP) is 3.65. The summed E-state index contributed by atoms with van der Waals surface area (Å²) in [5.41, 5.74) is 2.51. The smallest absolute Gasteiger partial charge is 0.193 e. The monoisotopic (exact) mass is 222 g/mol. The highest BCUT2D eigenvalue weighted by Crippen LogP contribution is 2.15. The zero-order chi connectivity index (χ0) is 12.1. The van der Waals surface area contributed by atoms with Gasteiger partial charge in [0.25, 0.3) is 0 Å². The Morgan fingerprint density at radius 2 is 1.65 bits per heavy atom. The van der Waals surface area contributed by atoms with Gasteiger partial charge in [-0.05, 0) is 12.0 Å². The van der Waals surface area contributed by atoms with Crippen molar-refractivity contribution in [3.8, 4) is 0 Å². The van der Waals surface area contributed by atoms with E-state index in [0.29, 0.717) is 0 Å². The van der Waals surface area contributed by atoms with E-state index < -0.39 is 0 Å². The SMILES string of the molecule is C=CCc1ccccc1C(=O)c1ccccc1. The van der Waals surface area contributed by atoms with Crippen LogP contribution in [0.5, 0.6) is 0 Å². The predicted molar refractivity (Wildman–Crippen MR) is 70.2 cm³/mol. The third-order valence-corrected chi connectivity index (χ3v) is 2.66. The Bertz CT molecular complexity index is 526. The molecule has 0 fully saturated rings. The molecule has 0 radical (unpaired) electrons. The van der Waals surface area contributed by atoms with Crippen molar-refractivity contribution in [2.75, 3.05) is 0 Å². The molecule has 0 aliphatic rings. The number of allylic oxidation sites excluding steroid dienone is 1. The fraction of sp³-hybridized carbons (Fsp3) is 0.0625. The van der Waals surface area contributed by atoms with Gasteiger partial charge in [-0.1, -0.05) is 60.7 Å². The quantitative estimate of drug-likeness (QED) is 0.570. The van der Waals surface area contributed by atoms with Crippen LogP contribution in [0, 0.1) is 0 Å². The van der Waals surface area contributed by atoms with Crippen LogP contribution in [-0.2, 0) is 6.42 Å². The summed E-state index contributed by atoms with van der Waals surface area (Å²) in [4.78, 5) is 12.3. The summed E-state index contributed by atoms with van der Waals surface area (Å²) in [5, 5.41) is 0. The van der Waals surface area contributed by atoms with Crippen molar-refractivity contribution in [3.63, 3.8) is 0 Å². The Balaban J connectivity index is 2.40. The topological polar surface area (TPSA) is 17.1 Å². The van der Waals surface area contributed by atoms with Crippen LogP contribution in [-0.4, -0.2) is 5.78 Å². The first-order valence-electron chi connectivity index (χ1n) is 5.61. The van der Waals surface area contributed by atoms with Crippen LogP contribution in [0.2, 0.25) is 0 Å². The Hall–Kier alpha value is -2.15. The zero-order valence-corrected chi connectivity index (χ0v) is 9.60. The molecule has 0 atom stereocenters. The lowest BCUT2D eigenvalue weighted by molar-refractivity contribution is 0.103. The van der Waals surface area contributed by atoms with Crippen LogP contribution < -0.4 is 0 Å². The lowest BCUT2D eigenvalue weighted by Gasteiger charge is -2.06. The van der Waals surface area contributed by atoms with E-state index in [1.54, 1.807) is 0 Å². The lowest BCUT2D eigenvalue weighted by atomic mass is 9.97. The van der Waals surface area contributed by atoms with Crippen LogP contribution in [0.15, 0.2) is 67.3 Å². The molecule has 0 saturated heterocycles. The minimum Gasteiger partial charge on any atom is -0.289 e. The van der Waals surface area contributed by atoms with Gasteiger partial charge in [0.1, 0.15) is 0 Å². The van der Waals surface area contributed by atoms with Crippen molar-refractivity contribution in [3.05, 3.63) is 83.9 Å². The van der Waals surface area contributed by atoms with Gasteiger partial charge in [-0.3, -0.25) is 4.79 Å². The molecule has 0 aromatic heterocycles. The molecule has 0 bridgehead atoms. The van der Waals surface area contributed by atoms with E-state index >= 15 is 0 Å². The third-order valence-electron chi connectivity index (χ3n) is 2.66. The van der Waals surface area contributed by atoms with Crippen molar-refractivity contribution in [2.24, 2.45) is 0 Å². The van der Waals surface area contributed by atoms with Gasteiger partial charge < -0.3 is 0 Å². The van der Waals surface area contributed by atoms with Crippen LogP contribution >= 0.6 is 0 Å². The average molecular weight is 222 g/mol. The van der Waals surface area contributed by atoms with Crippen molar-refractivity contribution >= 4 is 5.78 Å². The molecule has 0 heterocycles. The molecule has 2 aromatic rings. The molecule has 0 spiro atoms. The molecule has 0 aliphatic heterocycles. The van der Waals surface area contributed by atoms with Crippen molar-refractivity contribution in [1.82, 2.24) is 0 Å². The number of carbonyl (C=O) groups is 1. The number of ketones is 1. The largest absolute Gasteiger partial charge is 0.289 e. The lowest BCUT2D eigenvalue weighted by Crippen LogP contribution is -2.04. The number of rotatable bonds is 4. The highest BCUT2D eigenvalue weighted by atomic mass is 16.1. The summed E-state index contributed by atoms with van der Waals surface area (Å²) >= 11 is 0. The van der Waals surface area contributed by atoms with Gasteiger partial charge >= 0.3 is 0 Å². The van der Waals surface area contributed by atoms with Gasteiger partial charge in [-0.15, -0.1) is 6.58 Å². The molecule has 84 valence electrons. The fourth-order valence-corrected chi connectivity index (χ4v) is 1.82. The van der Waals surface area contributed by atoms with Gasteiger partial charge in [0.05, 0.1) is 0 Å². The molecule has 0 N–H and O–H groups in total. The Morgan fingerprint density at radius 1 is 1.00 bits per heavy atom. The third kappa shape index (κ3) is 2.51. The highest BCUT2D eigenvalue weighted by Gasteiger charge is 2.11. The molecule has 0 saturated carbocycles. The molecule has 2 aromatic carbocycles. The Kier molecular flexibility index (Phi) is 3.51. The molecular weight excluding hydrogens is 208 g/mol. The number of carbonyl (C=O) groups excluding carboxylic acids is 1. The summed E-state index contributed by atoms with van der Waals surface area (Å²) in [5.74, 6) is 0.0723. The summed E-state index contributed by atoms with van der Waals surface area (Å²) in [6, 6.07) is 17.0.